The topological polar surface area (TPSA) is 162 Å². The standard InChI is InChI=1S/C94H78O8/c1-87(2,96)47-39-75-55-71(56-76(63-75)40-48-88(3,4)97)19-15-67-23-31-83(32-24-67)94(86-37-29-70(30-38-86)18-22-74-61-81(45-53-93(13,14)102)66-82(62-74)46-54-95,84-33-25-68(26-34-84)16-20-72-57-77(41-49-89(5,6)98)64-78(58-72)42-50-90(7,8)99)85-35-27-69(28-36-85)17-21-73-59-79(43-51-91(9,10)100)65-80(60-73)44-52-92(11,12)101/h23-38,55-66,95-102H,1-14H3. The van der Waals surface area contributed by atoms with E-state index >= 15 is 0 Å². The fourth-order valence-electron chi connectivity index (χ4n) is 9.81. The van der Waals surface area contributed by atoms with Gasteiger partial charge in [0.1, 0.15) is 45.3 Å². The van der Waals surface area contributed by atoms with E-state index in [1.807, 2.05) is 91.0 Å². The van der Waals surface area contributed by atoms with Crippen LogP contribution in [-0.4, -0.2) is 80.1 Å². The van der Waals surface area contributed by atoms with Crippen LogP contribution in [0.5, 0.6) is 0 Å². The van der Waals surface area contributed by atoms with Crippen molar-refractivity contribution < 1.29 is 40.9 Å². The van der Waals surface area contributed by atoms with Gasteiger partial charge in [-0.15, -0.1) is 0 Å². The van der Waals surface area contributed by atoms with Gasteiger partial charge >= 0.3 is 0 Å². The Morgan fingerprint density at radius 3 is 0.441 bits per heavy atom. The summed E-state index contributed by atoms with van der Waals surface area (Å²) in [6.45, 7) is 22.5. The third-order valence-electron chi connectivity index (χ3n) is 14.2. The molecule has 8 aromatic rings. The summed E-state index contributed by atoms with van der Waals surface area (Å²) in [4.78, 5) is 0. The van der Waals surface area contributed by atoms with Crippen LogP contribution in [0.25, 0.3) is 0 Å². The Kier molecular flexibility index (Phi) is 23.4. The molecule has 8 rings (SSSR count). The maximum Gasteiger partial charge on any atom is 0.120 e. The maximum absolute atomic E-state index is 10.5. The van der Waals surface area contributed by atoms with E-state index in [0.717, 1.165) is 22.3 Å². The van der Waals surface area contributed by atoms with Gasteiger partial charge in [-0.3, -0.25) is 0 Å². The smallest absolute Gasteiger partial charge is 0.120 e. The molecular formula is C94H78O8. The maximum atomic E-state index is 10.5. The Labute approximate surface area is 602 Å². The SMILES string of the molecule is CC(C)(O)C#Cc1cc(C#CO)cc(C#Cc2ccc(C(c3ccc(C#Cc4cc(C#CC(C)(C)O)cc(C#CC(C)(C)O)c4)cc3)(c3ccc(C#Cc4cc(C#CC(C)(C)O)cc(C#CC(C)(C)O)c4)cc3)c3ccc(C#Cc4cc(C#CC(C)(C)O)cc(C#CC(C)(C)O)c4)cc3)cc2)c1. The number of hydrogen-bond acceptors (Lipinski definition) is 8. The van der Waals surface area contributed by atoms with E-state index in [4.69, 9.17) is 0 Å². The van der Waals surface area contributed by atoms with Crippen LogP contribution in [0.15, 0.2) is 170 Å². The van der Waals surface area contributed by atoms with Crippen LogP contribution in [0.4, 0.5) is 0 Å². The van der Waals surface area contributed by atoms with Crippen molar-refractivity contribution in [1.29, 1.82) is 0 Å². The lowest BCUT2D eigenvalue weighted by atomic mass is 9.65. The van der Waals surface area contributed by atoms with Crippen LogP contribution < -0.4 is 0 Å². The molecule has 0 fully saturated rings. The molecule has 8 N–H and O–H groups in total. The van der Waals surface area contributed by atoms with Crippen molar-refractivity contribution in [2.24, 2.45) is 0 Å². The first-order chi connectivity index (χ1) is 47.7. The van der Waals surface area contributed by atoms with Gasteiger partial charge in [-0.1, -0.05) is 179 Å². The zero-order chi connectivity index (χ0) is 74.3. The van der Waals surface area contributed by atoms with Crippen LogP contribution in [0.1, 0.15) is 208 Å². The first-order valence-electron chi connectivity index (χ1n) is 32.8. The third-order valence-corrected chi connectivity index (χ3v) is 14.2. The van der Waals surface area contributed by atoms with Gasteiger partial charge in [-0.05, 0) is 246 Å². The fraction of sp³-hybridized carbons (Fsp3) is 0.234. The van der Waals surface area contributed by atoms with E-state index in [0.29, 0.717) is 89.0 Å². The van der Waals surface area contributed by atoms with Gasteiger partial charge in [-0.2, -0.15) is 0 Å². The van der Waals surface area contributed by atoms with Gasteiger partial charge in [0, 0.05) is 89.0 Å². The molecule has 0 saturated heterocycles. The number of rotatable bonds is 4. The lowest BCUT2D eigenvalue weighted by Crippen LogP contribution is -2.31. The second kappa shape index (κ2) is 31.5. The molecule has 8 aromatic carbocycles. The summed E-state index contributed by atoms with van der Waals surface area (Å²) < 4.78 is 0. The molecule has 102 heavy (non-hydrogen) atoms. The summed E-state index contributed by atoms with van der Waals surface area (Å²) in [7, 11) is 0. The molecule has 0 atom stereocenters. The van der Waals surface area contributed by atoms with Crippen LogP contribution >= 0.6 is 0 Å². The minimum atomic E-state index is -1.25. The highest BCUT2D eigenvalue weighted by molar-refractivity contribution is 5.65. The molecule has 0 saturated carbocycles. The van der Waals surface area contributed by atoms with E-state index < -0.39 is 44.6 Å². The normalized spacial score (nSPS) is 11.1. The van der Waals surface area contributed by atoms with Crippen molar-refractivity contribution in [3.05, 3.63) is 281 Å². The largest absolute Gasteiger partial charge is 0.462 e. The van der Waals surface area contributed by atoms with Crippen molar-refractivity contribution in [1.82, 2.24) is 0 Å². The van der Waals surface area contributed by atoms with Gasteiger partial charge < -0.3 is 40.9 Å². The Balaban J connectivity index is 1.35. The van der Waals surface area contributed by atoms with Gasteiger partial charge in [0.15, 0.2) is 0 Å². The number of aliphatic hydroxyl groups is 8. The predicted octanol–water partition coefficient (Wildman–Crippen LogP) is 12.2. The van der Waals surface area contributed by atoms with Crippen molar-refractivity contribution in [3.63, 3.8) is 0 Å². The minimum Gasteiger partial charge on any atom is -0.462 e. The average Bonchev–Trinajstić information content (AvgIpc) is 0.732. The van der Waals surface area contributed by atoms with Crippen molar-refractivity contribution in [3.8, 4) is 142 Å². The van der Waals surface area contributed by atoms with Crippen LogP contribution in [0.2, 0.25) is 0 Å². The molecule has 8 heteroatoms. The van der Waals surface area contributed by atoms with Gasteiger partial charge in [0.05, 0.1) is 5.41 Å². The van der Waals surface area contributed by atoms with E-state index in [-0.39, 0.29) is 0 Å². The summed E-state index contributed by atoms with van der Waals surface area (Å²) in [5.41, 5.74) is 3.49. The molecule has 0 heterocycles. The summed E-state index contributed by atoms with van der Waals surface area (Å²) in [6.07, 6.45) is 1.97. The molecule has 0 bridgehead atoms. The molecule has 0 radical (unpaired) electrons. The molecule has 0 spiro atoms. The van der Waals surface area contributed by atoms with Crippen LogP contribution in [0.3, 0.4) is 0 Å². The summed E-state index contributed by atoms with van der Waals surface area (Å²) in [5, 5.41) is 82.8. The Morgan fingerprint density at radius 2 is 0.304 bits per heavy atom. The molecule has 0 aromatic heterocycles. The molecule has 0 aliphatic carbocycles. The Morgan fingerprint density at radius 1 is 0.176 bits per heavy atom. The number of hydrogen-bond donors (Lipinski definition) is 8. The summed E-state index contributed by atoms with van der Waals surface area (Å²) in [6, 6.07) is 53.9. The highest BCUT2D eigenvalue weighted by Crippen LogP contribution is 2.45. The molecule has 0 unspecified atom stereocenters. The summed E-state index contributed by atoms with van der Waals surface area (Å²) >= 11 is 0. The average molecular weight is 1340 g/mol. The lowest BCUT2D eigenvalue weighted by molar-refractivity contribution is 0.143. The zero-order valence-electron chi connectivity index (χ0n) is 59.7. The van der Waals surface area contributed by atoms with Gasteiger partial charge in [0.2, 0.25) is 0 Å². The first-order valence-corrected chi connectivity index (χ1v) is 32.8. The Bertz CT molecular complexity index is 4790. The van der Waals surface area contributed by atoms with E-state index in [2.05, 4.69) is 185 Å². The minimum absolute atomic E-state index is 0.496. The summed E-state index contributed by atoms with van der Waals surface area (Å²) in [5.74, 6) is 70.7. The monoisotopic (exact) mass is 1330 g/mol. The molecule has 502 valence electrons. The predicted molar refractivity (Wildman–Crippen MR) is 405 cm³/mol. The third kappa shape index (κ3) is 24.5. The van der Waals surface area contributed by atoms with E-state index in [1.165, 1.54) is 0 Å². The van der Waals surface area contributed by atoms with Crippen LogP contribution in [0, 0.1) is 142 Å². The van der Waals surface area contributed by atoms with E-state index in [9.17, 15) is 40.9 Å². The van der Waals surface area contributed by atoms with Crippen molar-refractivity contribution in [2.45, 2.75) is 142 Å². The number of benzene rings is 8. The molecule has 8 nitrogen and oxygen atoms in total. The van der Waals surface area contributed by atoms with Crippen LogP contribution in [-0.2, 0) is 5.41 Å². The highest BCUT2D eigenvalue weighted by atomic mass is 16.3. The van der Waals surface area contributed by atoms with Gasteiger partial charge in [0.25, 0.3) is 0 Å². The van der Waals surface area contributed by atoms with Crippen molar-refractivity contribution in [2.75, 3.05) is 0 Å². The molecular weight excluding hydrogens is 1260 g/mol. The quantitative estimate of drug-likeness (QED) is 0.0638. The Hall–Kier alpha value is -12.0. The van der Waals surface area contributed by atoms with E-state index in [1.54, 1.807) is 133 Å². The van der Waals surface area contributed by atoms with Crippen molar-refractivity contribution >= 4 is 0 Å². The molecule has 0 aliphatic rings. The highest BCUT2D eigenvalue weighted by Gasteiger charge is 2.38. The fourth-order valence-corrected chi connectivity index (χ4v) is 9.81. The second-order valence-corrected chi connectivity index (χ2v) is 28.2. The van der Waals surface area contributed by atoms with Gasteiger partial charge in [-0.25, -0.2) is 0 Å². The molecule has 0 amide bonds. The second-order valence-electron chi connectivity index (χ2n) is 28.2. The molecule has 0 aliphatic heterocycles. The lowest BCUT2D eigenvalue weighted by Gasteiger charge is -2.37. The first kappa shape index (κ1) is 75.8. The zero-order valence-corrected chi connectivity index (χ0v) is 59.7. The number of aliphatic hydroxyl groups excluding tert-OH is 1.